The summed E-state index contributed by atoms with van der Waals surface area (Å²) < 4.78 is 18.8. The van der Waals surface area contributed by atoms with E-state index in [0.717, 1.165) is 6.20 Å². The van der Waals surface area contributed by atoms with Gasteiger partial charge in [-0.3, -0.25) is 0 Å². The number of aliphatic hydroxyl groups is 1. The van der Waals surface area contributed by atoms with E-state index < -0.39 is 35.4 Å². The predicted octanol–water partition coefficient (Wildman–Crippen LogP) is 0.696. The van der Waals surface area contributed by atoms with Crippen molar-refractivity contribution in [3.63, 3.8) is 0 Å². The Morgan fingerprint density at radius 3 is 2.94 bits per heavy atom. The van der Waals surface area contributed by atoms with Crippen LogP contribution >= 0.6 is 11.6 Å². The molecule has 0 spiro atoms. The molecule has 0 unspecified atom stereocenters. The second kappa shape index (κ2) is 4.55. The number of rotatable bonds is 3. The summed E-state index contributed by atoms with van der Waals surface area (Å²) >= 11 is 5.49. The summed E-state index contributed by atoms with van der Waals surface area (Å²) in [5.41, 5.74) is 0.107. The number of aromatic nitrogens is 2. The van der Waals surface area contributed by atoms with Crippen molar-refractivity contribution in [2.75, 3.05) is 5.88 Å². The third-order valence-electron chi connectivity index (χ3n) is 2.53. The zero-order valence-electron chi connectivity index (χ0n) is 8.42. The minimum absolute atomic E-state index is 0.0612. The molecule has 94 valence electrons. The fraction of sp³-hybridized carbons (Fsp3) is 0.625. The van der Waals surface area contributed by atoms with E-state index in [9.17, 15) is 19.6 Å². The molecule has 0 aliphatic carbocycles. The van der Waals surface area contributed by atoms with Crippen molar-refractivity contribution in [1.82, 2.24) is 9.97 Å². The van der Waals surface area contributed by atoms with Crippen molar-refractivity contribution in [3.05, 3.63) is 22.0 Å². The molecule has 1 saturated heterocycles. The van der Waals surface area contributed by atoms with Crippen LogP contribution in [0, 0.1) is 10.1 Å². The van der Waals surface area contributed by atoms with Gasteiger partial charge in [-0.25, -0.2) is 9.37 Å². The van der Waals surface area contributed by atoms with Gasteiger partial charge in [-0.15, -0.1) is 11.6 Å². The molecule has 4 atom stereocenters. The number of hydrogen-bond donors (Lipinski definition) is 2. The number of nitro groups is 1. The average molecular weight is 266 g/mol. The van der Waals surface area contributed by atoms with Gasteiger partial charge in [0.25, 0.3) is 0 Å². The van der Waals surface area contributed by atoms with E-state index in [1.165, 1.54) is 0 Å². The van der Waals surface area contributed by atoms with Gasteiger partial charge in [-0.05, 0) is 4.92 Å². The molecule has 1 aliphatic heterocycles. The standard InChI is InChI=1S/C8H9ClFN3O4/c9-1-4-6(14)5(10)7(17-4)3-2-11-8(12-3)13(15)16/h2,4-7,14H,1H2,(H,11,12)/t4-,5-,6-,7+/m1/s1. The molecule has 1 aromatic heterocycles. The summed E-state index contributed by atoms with van der Waals surface area (Å²) in [5, 5.41) is 19.9. The number of alkyl halides is 2. The van der Waals surface area contributed by atoms with Crippen LogP contribution in [0.3, 0.4) is 0 Å². The van der Waals surface area contributed by atoms with Crippen molar-refractivity contribution < 1.29 is 19.2 Å². The number of nitrogens with one attached hydrogen (secondary N) is 1. The number of H-pyrrole nitrogens is 1. The molecule has 7 nitrogen and oxygen atoms in total. The average Bonchev–Trinajstić information content (AvgIpc) is 2.87. The van der Waals surface area contributed by atoms with Gasteiger partial charge in [-0.1, -0.05) is 4.98 Å². The zero-order valence-corrected chi connectivity index (χ0v) is 9.17. The van der Waals surface area contributed by atoms with E-state index >= 15 is 0 Å². The van der Waals surface area contributed by atoms with Crippen LogP contribution in [0.4, 0.5) is 10.3 Å². The molecule has 1 fully saturated rings. The van der Waals surface area contributed by atoms with Gasteiger partial charge < -0.3 is 20.0 Å². The Bertz CT molecular complexity index is 429. The van der Waals surface area contributed by atoms with Crippen molar-refractivity contribution in [3.8, 4) is 0 Å². The second-order valence-corrected chi connectivity index (χ2v) is 3.91. The maximum atomic E-state index is 13.7. The molecule has 0 aromatic carbocycles. The van der Waals surface area contributed by atoms with Gasteiger partial charge >= 0.3 is 5.95 Å². The Morgan fingerprint density at radius 2 is 2.47 bits per heavy atom. The Morgan fingerprint density at radius 1 is 1.76 bits per heavy atom. The van der Waals surface area contributed by atoms with E-state index in [4.69, 9.17) is 16.3 Å². The van der Waals surface area contributed by atoms with Crippen LogP contribution in [0.25, 0.3) is 0 Å². The normalized spacial score (nSPS) is 32.9. The lowest BCUT2D eigenvalue weighted by Gasteiger charge is -2.08. The van der Waals surface area contributed by atoms with E-state index in [1.54, 1.807) is 0 Å². The number of aliphatic hydroxyl groups excluding tert-OH is 1. The minimum atomic E-state index is -1.70. The highest BCUT2D eigenvalue weighted by Gasteiger charge is 2.46. The molecule has 0 saturated carbocycles. The molecule has 1 aromatic rings. The third-order valence-corrected chi connectivity index (χ3v) is 2.84. The smallest absolute Gasteiger partial charge is 0.390 e. The van der Waals surface area contributed by atoms with Crippen molar-refractivity contribution in [1.29, 1.82) is 0 Å². The van der Waals surface area contributed by atoms with E-state index in [2.05, 4.69) is 9.97 Å². The maximum absolute atomic E-state index is 13.7. The highest BCUT2D eigenvalue weighted by Crippen LogP contribution is 2.35. The highest BCUT2D eigenvalue weighted by atomic mass is 35.5. The molecule has 0 amide bonds. The lowest BCUT2D eigenvalue weighted by molar-refractivity contribution is -0.393. The molecule has 17 heavy (non-hydrogen) atoms. The summed E-state index contributed by atoms with van der Waals surface area (Å²) in [4.78, 5) is 15.4. The summed E-state index contributed by atoms with van der Waals surface area (Å²) in [5.74, 6) is -0.562. The highest BCUT2D eigenvalue weighted by molar-refractivity contribution is 6.18. The first-order valence-electron chi connectivity index (χ1n) is 4.77. The number of ether oxygens (including phenoxy) is 1. The zero-order chi connectivity index (χ0) is 12.6. The Balaban J connectivity index is 2.19. The first-order valence-corrected chi connectivity index (χ1v) is 5.31. The molecule has 2 rings (SSSR count). The van der Waals surface area contributed by atoms with Gasteiger partial charge in [0.15, 0.2) is 6.17 Å². The molecular formula is C8H9ClFN3O4. The third kappa shape index (κ3) is 2.11. The second-order valence-electron chi connectivity index (χ2n) is 3.60. The fourth-order valence-electron chi connectivity index (χ4n) is 1.66. The predicted molar refractivity (Wildman–Crippen MR) is 54.5 cm³/mol. The Kier molecular flexibility index (Phi) is 3.27. The minimum Gasteiger partial charge on any atom is -0.390 e. The SMILES string of the molecule is O=[N+]([O-])c1ncc([C@@H]2O[C@H](CCl)[C@@H](O)[C@H]2F)[nH]1. The molecular weight excluding hydrogens is 257 g/mol. The fourth-order valence-corrected chi connectivity index (χ4v) is 1.92. The number of aromatic amines is 1. The number of hydrogen-bond acceptors (Lipinski definition) is 5. The van der Waals surface area contributed by atoms with Crippen LogP contribution in [0.5, 0.6) is 0 Å². The quantitative estimate of drug-likeness (QED) is 0.476. The lowest BCUT2D eigenvalue weighted by atomic mass is 10.1. The van der Waals surface area contributed by atoms with E-state index in [-0.39, 0.29) is 11.6 Å². The molecule has 0 radical (unpaired) electrons. The molecule has 9 heteroatoms. The van der Waals surface area contributed by atoms with Crippen LogP contribution in [-0.4, -0.2) is 44.3 Å². The summed E-state index contributed by atoms with van der Waals surface area (Å²) in [6, 6.07) is 0. The van der Waals surface area contributed by atoms with Gasteiger partial charge in [-0.2, -0.15) is 0 Å². The van der Waals surface area contributed by atoms with Gasteiger partial charge in [0.05, 0.1) is 5.88 Å². The maximum Gasteiger partial charge on any atom is 0.432 e. The number of nitrogens with zero attached hydrogens (tertiary/aromatic N) is 2. The van der Waals surface area contributed by atoms with Crippen molar-refractivity contribution in [2.45, 2.75) is 24.5 Å². The number of halogens is 2. The lowest BCUT2D eigenvalue weighted by Crippen LogP contribution is -2.28. The Labute approximate surface area is 99.7 Å². The molecule has 1 aliphatic rings. The monoisotopic (exact) mass is 265 g/mol. The van der Waals surface area contributed by atoms with Gasteiger partial charge in [0.1, 0.15) is 30.2 Å². The first kappa shape index (κ1) is 12.2. The summed E-state index contributed by atoms with van der Waals surface area (Å²) in [6.07, 6.45) is -3.88. The van der Waals surface area contributed by atoms with E-state index in [1.807, 2.05) is 0 Å². The summed E-state index contributed by atoms with van der Waals surface area (Å²) in [6.45, 7) is 0. The van der Waals surface area contributed by atoms with Crippen LogP contribution in [0.2, 0.25) is 0 Å². The molecule has 2 heterocycles. The van der Waals surface area contributed by atoms with Crippen molar-refractivity contribution >= 4 is 17.5 Å². The van der Waals surface area contributed by atoms with Crippen molar-refractivity contribution in [2.24, 2.45) is 0 Å². The van der Waals surface area contributed by atoms with Crippen LogP contribution in [0.1, 0.15) is 11.8 Å². The first-order chi connectivity index (χ1) is 8.04. The van der Waals surface area contributed by atoms with E-state index in [0.29, 0.717) is 0 Å². The number of imidazole rings is 1. The molecule has 2 N–H and O–H groups in total. The van der Waals surface area contributed by atoms with Gasteiger partial charge in [0.2, 0.25) is 0 Å². The molecule has 0 bridgehead atoms. The van der Waals surface area contributed by atoms with Gasteiger partial charge in [0, 0.05) is 0 Å². The van der Waals surface area contributed by atoms with Crippen LogP contribution in [0.15, 0.2) is 6.20 Å². The largest absolute Gasteiger partial charge is 0.432 e. The van der Waals surface area contributed by atoms with Crippen LogP contribution in [-0.2, 0) is 4.74 Å². The Hall–Kier alpha value is -1.25. The summed E-state index contributed by atoms with van der Waals surface area (Å²) in [7, 11) is 0. The van der Waals surface area contributed by atoms with Crippen LogP contribution < -0.4 is 0 Å². The topological polar surface area (TPSA) is 101 Å².